The minimum atomic E-state index is -4.84. The molecule has 212 valence electrons. The van der Waals surface area contributed by atoms with Gasteiger partial charge in [-0.25, -0.2) is 18.9 Å². The monoisotopic (exact) mass is 562 g/mol. The van der Waals surface area contributed by atoms with Crippen LogP contribution in [0.2, 0.25) is 0 Å². The number of fused-ring (bicyclic) bond motifs is 2. The highest BCUT2D eigenvalue weighted by Gasteiger charge is 2.58. The number of amides is 5. The predicted molar refractivity (Wildman–Crippen MR) is 132 cm³/mol. The molecular formula is C27H26F4N4O5. The normalized spacial score (nSPS) is 23.9. The number of likely N-dealkylation sites (tertiary alicyclic amines) is 1. The number of rotatable bonds is 4. The van der Waals surface area contributed by atoms with E-state index in [9.17, 15) is 36.7 Å². The molecule has 3 aliphatic rings. The zero-order chi connectivity index (χ0) is 29.0. The van der Waals surface area contributed by atoms with Gasteiger partial charge in [-0.05, 0) is 61.6 Å². The van der Waals surface area contributed by atoms with Gasteiger partial charge in [0.15, 0.2) is 0 Å². The molecule has 0 aromatic heterocycles. The van der Waals surface area contributed by atoms with E-state index in [0.717, 1.165) is 12.1 Å². The number of alkyl halides is 3. The highest BCUT2D eigenvalue weighted by Crippen LogP contribution is 2.47. The van der Waals surface area contributed by atoms with Crippen LogP contribution in [0.1, 0.15) is 54.5 Å². The van der Waals surface area contributed by atoms with Gasteiger partial charge >= 0.3 is 18.3 Å². The van der Waals surface area contributed by atoms with Crippen LogP contribution in [-0.4, -0.2) is 53.4 Å². The highest BCUT2D eigenvalue weighted by molar-refractivity contribution is 6.06. The lowest BCUT2D eigenvalue weighted by molar-refractivity contribution is -0.144. The van der Waals surface area contributed by atoms with E-state index in [0.29, 0.717) is 40.6 Å². The number of urea groups is 1. The van der Waals surface area contributed by atoms with Gasteiger partial charge in [0.1, 0.15) is 12.4 Å². The van der Waals surface area contributed by atoms with Crippen LogP contribution in [0.15, 0.2) is 36.4 Å². The Morgan fingerprint density at radius 1 is 1.12 bits per heavy atom. The molecule has 2 aliphatic heterocycles. The minimum Gasteiger partial charge on any atom is -0.427 e. The van der Waals surface area contributed by atoms with Crippen molar-refractivity contribution in [3.63, 3.8) is 0 Å². The molecule has 0 saturated carbocycles. The van der Waals surface area contributed by atoms with E-state index in [2.05, 4.69) is 10.6 Å². The van der Waals surface area contributed by atoms with Gasteiger partial charge in [0.25, 0.3) is 5.91 Å². The number of aryl methyl sites for hydroxylation is 1. The van der Waals surface area contributed by atoms with Crippen LogP contribution < -0.4 is 10.6 Å². The molecular weight excluding hydrogens is 536 g/mol. The Balaban J connectivity index is 1.39. The summed E-state index contributed by atoms with van der Waals surface area (Å²) in [5.41, 5.74) is -1.44. The summed E-state index contributed by atoms with van der Waals surface area (Å²) >= 11 is 0. The van der Waals surface area contributed by atoms with Crippen LogP contribution >= 0.6 is 0 Å². The summed E-state index contributed by atoms with van der Waals surface area (Å²) in [6, 6.07) is 5.22. The summed E-state index contributed by atoms with van der Waals surface area (Å²) in [4.78, 5) is 53.4. The number of nitrogens with one attached hydrogen (secondary N) is 2. The third-order valence-electron chi connectivity index (χ3n) is 7.77. The largest absolute Gasteiger partial charge is 0.427 e. The van der Waals surface area contributed by atoms with E-state index in [1.165, 1.54) is 11.9 Å². The molecule has 3 atom stereocenters. The minimum absolute atomic E-state index is 0.133. The second-order valence-corrected chi connectivity index (χ2v) is 10.1. The Morgan fingerprint density at radius 3 is 2.58 bits per heavy atom. The maximum absolute atomic E-state index is 13.7. The van der Waals surface area contributed by atoms with Gasteiger partial charge in [0.2, 0.25) is 11.5 Å². The van der Waals surface area contributed by atoms with Crippen LogP contribution in [0, 0.1) is 5.82 Å². The number of hydrogen-bond donors (Lipinski definition) is 2. The Bertz CT molecular complexity index is 1410. The molecule has 1 aliphatic carbocycles. The molecule has 2 aromatic carbocycles. The lowest BCUT2D eigenvalue weighted by Gasteiger charge is -2.31. The van der Waals surface area contributed by atoms with Crippen molar-refractivity contribution in [3.8, 4) is 0 Å². The first-order chi connectivity index (χ1) is 18.9. The van der Waals surface area contributed by atoms with Gasteiger partial charge < -0.3 is 20.3 Å². The first-order valence-electron chi connectivity index (χ1n) is 12.7. The maximum Gasteiger partial charge on any atom is 0.418 e. The first-order valence-corrected chi connectivity index (χ1v) is 12.7. The first kappa shape index (κ1) is 27.4. The fraction of sp³-hybridized carbons (Fsp3) is 0.407. The van der Waals surface area contributed by atoms with Gasteiger partial charge in [-0.3, -0.25) is 9.59 Å². The Kier molecular flexibility index (Phi) is 6.71. The van der Waals surface area contributed by atoms with Crippen LogP contribution in [-0.2, 0) is 32.5 Å². The summed E-state index contributed by atoms with van der Waals surface area (Å²) in [6.07, 6.45) is -4.79. The molecule has 2 heterocycles. The molecule has 5 amide bonds. The Labute approximate surface area is 226 Å². The smallest absolute Gasteiger partial charge is 0.418 e. The number of hydrogen-bond acceptors (Lipinski definition) is 5. The Hall–Kier alpha value is -4.16. The lowest BCUT2D eigenvalue weighted by Crippen LogP contribution is -2.46. The second kappa shape index (κ2) is 9.79. The topological polar surface area (TPSA) is 108 Å². The molecule has 2 saturated heterocycles. The number of anilines is 1. The standard InChI is InChI=1S/C27H26F4N4O5/c1-14-3-8-21(18-6-4-16(28)12-20(18)27(29,30)31)35(14)22(36)13-34-23(37)26(40-25(34)39)10-9-15-11-17(5-7-19(15)26)33-24(38)32-2/h4-7,11-12,14,21H,3,8-10,13H2,1-2H3,(H2,32,33,38)/t14-,21-,26-/m1/s1. The number of halogens is 4. The molecule has 1 spiro atoms. The van der Waals surface area contributed by atoms with Crippen molar-refractivity contribution in [2.45, 2.75) is 56.5 Å². The molecule has 2 N–H and O–H groups in total. The average molecular weight is 563 g/mol. The quantitative estimate of drug-likeness (QED) is 0.535. The zero-order valence-corrected chi connectivity index (χ0v) is 21.6. The third-order valence-corrected chi connectivity index (χ3v) is 7.77. The highest BCUT2D eigenvalue weighted by atomic mass is 19.4. The number of carbonyl (C=O) groups is 4. The number of nitrogens with zero attached hydrogens (tertiary/aromatic N) is 2. The number of imide groups is 1. The molecule has 13 heteroatoms. The van der Waals surface area contributed by atoms with Crippen molar-refractivity contribution in [2.24, 2.45) is 0 Å². The lowest BCUT2D eigenvalue weighted by atomic mass is 9.94. The number of carbonyl (C=O) groups excluding carboxylic acids is 4. The van der Waals surface area contributed by atoms with Crippen molar-refractivity contribution < 1.29 is 41.5 Å². The van der Waals surface area contributed by atoms with Crippen LogP contribution in [0.4, 0.5) is 32.8 Å². The molecule has 9 nitrogen and oxygen atoms in total. The van der Waals surface area contributed by atoms with Crippen molar-refractivity contribution in [3.05, 3.63) is 64.5 Å². The summed E-state index contributed by atoms with van der Waals surface area (Å²) in [7, 11) is 1.46. The van der Waals surface area contributed by atoms with Crippen molar-refractivity contribution in [1.29, 1.82) is 0 Å². The van der Waals surface area contributed by atoms with E-state index in [4.69, 9.17) is 4.74 Å². The van der Waals surface area contributed by atoms with Crippen LogP contribution in [0.5, 0.6) is 0 Å². The summed E-state index contributed by atoms with van der Waals surface area (Å²) in [5.74, 6) is -2.51. The molecule has 0 unspecified atom stereocenters. The molecule has 2 aromatic rings. The van der Waals surface area contributed by atoms with E-state index in [1.54, 1.807) is 25.1 Å². The van der Waals surface area contributed by atoms with Gasteiger partial charge in [-0.2, -0.15) is 13.2 Å². The zero-order valence-electron chi connectivity index (χ0n) is 21.6. The number of ether oxygens (including phenoxy) is 1. The fourth-order valence-electron chi connectivity index (χ4n) is 5.92. The summed E-state index contributed by atoms with van der Waals surface area (Å²) in [5, 5.41) is 5.06. The van der Waals surface area contributed by atoms with Gasteiger partial charge in [-0.15, -0.1) is 0 Å². The van der Waals surface area contributed by atoms with Crippen molar-refractivity contribution >= 4 is 29.6 Å². The van der Waals surface area contributed by atoms with E-state index in [-0.39, 0.29) is 18.4 Å². The van der Waals surface area contributed by atoms with E-state index >= 15 is 0 Å². The molecule has 40 heavy (non-hydrogen) atoms. The van der Waals surface area contributed by atoms with E-state index in [1.807, 2.05) is 0 Å². The average Bonchev–Trinajstić information content (AvgIpc) is 3.53. The van der Waals surface area contributed by atoms with Crippen LogP contribution in [0.3, 0.4) is 0 Å². The van der Waals surface area contributed by atoms with Crippen molar-refractivity contribution in [2.75, 3.05) is 18.9 Å². The molecule has 0 bridgehead atoms. The summed E-state index contributed by atoms with van der Waals surface area (Å²) in [6.45, 7) is 0.951. The SMILES string of the molecule is CNC(=O)Nc1ccc2c(c1)CC[C@@]21OC(=O)N(CC(=O)N2[C@H](C)CC[C@@H]2c2ccc(F)cc2C(F)(F)F)C1=O. The van der Waals surface area contributed by atoms with Gasteiger partial charge in [0.05, 0.1) is 11.6 Å². The third kappa shape index (κ3) is 4.52. The van der Waals surface area contributed by atoms with Gasteiger partial charge in [0, 0.05) is 30.8 Å². The summed E-state index contributed by atoms with van der Waals surface area (Å²) < 4.78 is 60.4. The Morgan fingerprint density at radius 2 is 1.88 bits per heavy atom. The second-order valence-electron chi connectivity index (χ2n) is 10.1. The van der Waals surface area contributed by atoms with E-state index < -0.39 is 65.7 Å². The maximum atomic E-state index is 13.7. The van der Waals surface area contributed by atoms with Crippen molar-refractivity contribution in [1.82, 2.24) is 15.1 Å². The number of benzene rings is 2. The fourth-order valence-corrected chi connectivity index (χ4v) is 5.92. The molecule has 0 radical (unpaired) electrons. The molecule has 5 rings (SSSR count). The van der Waals surface area contributed by atoms with Crippen LogP contribution in [0.25, 0.3) is 0 Å². The molecule has 2 fully saturated rings. The van der Waals surface area contributed by atoms with Gasteiger partial charge in [-0.1, -0.05) is 12.1 Å². The predicted octanol–water partition coefficient (Wildman–Crippen LogP) is 4.47.